The Morgan fingerprint density at radius 3 is 2.67 bits per heavy atom. The van der Waals surface area contributed by atoms with E-state index in [1.54, 1.807) is 7.11 Å². The first-order valence-corrected chi connectivity index (χ1v) is 6.21. The first-order valence-electron chi connectivity index (χ1n) is 6.21. The van der Waals surface area contributed by atoms with E-state index in [1.165, 1.54) is 0 Å². The van der Waals surface area contributed by atoms with E-state index in [0.29, 0.717) is 12.8 Å². The number of methoxy groups -OCH3 is 1. The minimum absolute atomic E-state index is 0.439. The van der Waals surface area contributed by atoms with Crippen LogP contribution < -0.4 is 10.5 Å². The monoisotopic (exact) mass is 249 g/mol. The van der Waals surface area contributed by atoms with Gasteiger partial charge in [0.1, 0.15) is 5.75 Å². The van der Waals surface area contributed by atoms with Crippen LogP contribution in [0.25, 0.3) is 0 Å². The van der Waals surface area contributed by atoms with Crippen molar-refractivity contribution in [2.24, 2.45) is 11.1 Å². The summed E-state index contributed by atoms with van der Waals surface area (Å²) in [5.74, 6) is 0.0393. The number of carboxylic acids is 1. The maximum atomic E-state index is 11.3. The molecule has 1 saturated carbocycles. The normalized spacial score (nSPS) is 18.2. The SMILES string of the molecule is CCc1cc(C(N)C2(C(=O)O)CC2)ccc1OC. The van der Waals surface area contributed by atoms with Gasteiger partial charge in [-0.25, -0.2) is 0 Å². The molecule has 1 atom stereocenters. The molecule has 1 unspecified atom stereocenters. The van der Waals surface area contributed by atoms with Gasteiger partial charge in [0.25, 0.3) is 0 Å². The van der Waals surface area contributed by atoms with Crippen LogP contribution in [-0.4, -0.2) is 18.2 Å². The summed E-state index contributed by atoms with van der Waals surface area (Å²) in [7, 11) is 1.63. The lowest BCUT2D eigenvalue weighted by Crippen LogP contribution is -2.29. The third kappa shape index (κ3) is 1.97. The second-order valence-electron chi connectivity index (χ2n) is 4.86. The minimum atomic E-state index is -0.788. The Kier molecular flexibility index (Phi) is 3.30. The van der Waals surface area contributed by atoms with Crippen molar-refractivity contribution in [3.8, 4) is 5.75 Å². The van der Waals surface area contributed by atoms with E-state index in [0.717, 1.165) is 23.3 Å². The van der Waals surface area contributed by atoms with Crippen LogP contribution in [0.2, 0.25) is 0 Å². The maximum Gasteiger partial charge on any atom is 0.311 e. The summed E-state index contributed by atoms with van der Waals surface area (Å²) in [5.41, 5.74) is 7.32. The molecule has 1 fully saturated rings. The predicted octanol–water partition coefficient (Wildman–Crippen LogP) is 2.12. The van der Waals surface area contributed by atoms with Crippen molar-refractivity contribution in [2.45, 2.75) is 32.2 Å². The lowest BCUT2D eigenvalue weighted by Gasteiger charge is -2.20. The minimum Gasteiger partial charge on any atom is -0.496 e. The number of carbonyl (C=O) groups is 1. The molecule has 0 aliphatic heterocycles. The molecule has 1 aliphatic rings. The molecule has 2 rings (SSSR count). The van der Waals surface area contributed by atoms with Crippen LogP contribution in [0.3, 0.4) is 0 Å². The first kappa shape index (κ1) is 12.9. The maximum absolute atomic E-state index is 11.3. The summed E-state index contributed by atoms with van der Waals surface area (Å²) >= 11 is 0. The Labute approximate surface area is 107 Å². The van der Waals surface area contributed by atoms with Gasteiger partial charge in [-0.05, 0) is 36.5 Å². The van der Waals surface area contributed by atoms with Crippen LogP contribution in [0.1, 0.15) is 36.9 Å². The number of hydrogen-bond acceptors (Lipinski definition) is 3. The highest BCUT2D eigenvalue weighted by atomic mass is 16.5. The van der Waals surface area contributed by atoms with Crippen molar-refractivity contribution in [3.63, 3.8) is 0 Å². The van der Waals surface area contributed by atoms with E-state index in [4.69, 9.17) is 10.5 Å². The lowest BCUT2D eigenvalue weighted by atomic mass is 9.89. The molecule has 0 saturated heterocycles. The third-order valence-electron chi connectivity index (χ3n) is 3.85. The Morgan fingerprint density at radius 2 is 2.22 bits per heavy atom. The number of aliphatic carboxylic acids is 1. The van der Waals surface area contributed by atoms with E-state index in [9.17, 15) is 9.90 Å². The first-order chi connectivity index (χ1) is 8.55. The van der Waals surface area contributed by atoms with Crippen molar-refractivity contribution in [3.05, 3.63) is 29.3 Å². The summed E-state index contributed by atoms with van der Waals surface area (Å²) < 4.78 is 5.26. The molecule has 0 radical (unpaired) electrons. The Morgan fingerprint density at radius 1 is 1.56 bits per heavy atom. The van der Waals surface area contributed by atoms with Crippen molar-refractivity contribution in [2.75, 3.05) is 7.11 Å². The van der Waals surface area contributed by atoms with E-state index < -0.39 is 17.4 Å². The second-order valence-corrected chi connectivity index (χ2v) is 4.86. The summed E-state index contributed by atoms with van der Waals surface area (Å²) in [6, 6.07) is 5.26. The van der Waals surface area contributed by atoms with Crippen LogP contribution >= 0.6 is 0 Å². The van der Waals surface area contributed by atoms with Gasteiger partial charge in [0.05, 0.1) is 12.5 Å². The molecule has 0 amide bonds. The Hall–Kier alpha value is -1.55. The van der Waals surface area contributed by atoms with Crippen LogP contribution in [0.5, 0.6) is 5.75 Å². The van der Waals surface area contributed by atoms with Gasteiger partial charge in [-0.15, -0.1) is 0 Å². The molecule has 1 aliphatic carbocycles. The van der Waals surface area contributed by atoms with Gasteiger partial charge < -0.3 is 15.6 Å². The highest BCUT2D eigenvalue weighted by Crippen LogP contribution is 2.54. The zero-order chi connectivity index (χ0) is 13.3. The molecule has 0 heterocycles. The van der Waals surface area contributed by atoms with Crippen molar-refractivity contribution in [1.82, 2.24) is 0 Å². The number of carboxylic acid groups (broad SMARTS) is 1. The molecule has 18 heavy (non-hydrogen) atoms. The van der Waals surface area contributed by atoms with E-state index in [2.05, 4.69) is 0 Å². The summed E-state index contributed by atoms with van der Waals surface area (Å²) in [6.45, 7) is 2.04. The Balaban J connectivity index is 2.32. The second kappa shape index (κ2) is 4.61. The van der Waals surface area contributed by atoms with Crippen LogP contribution in [-0.2, 0) is 11.2 Å². The molecule has 0 aromatic heterocycles. The molecule has 98 valence electrons. The van der Waals surface area contributed by atoms with Gasteiger partial charge in [0, 0.05) is 6.04 Å². The van der Waals surface area contributed by atoms with E-state index in [-0.39, 0.29) is 0 Å². The number of hydrogen-bond donors (Lipinski definition) is 2. The predicted molar refractivity (Wildman–Crippen MR) is 68.6 cm³/mol. The number of benzene rings is 1. The third-order valence-corrected chi connectivity index (χ3v) is 3.85. The van der Waals surface area contributed by atoms with E-state index in [1.807, 2.05) is 25.1 Å². The summed E-state index contributed by atoms with van der Waals surface area (Å²) in [5, 5.41) is 9.26. The van der Waals surface area contributed by atoms with Gasteiger partial charge in [-0.3, -0.25) is 4.79 Å². The van der Waals surface area contributed by atoms with Gasteiger partial charge >= 0.3 is 5.97 Å². The van der Waals surface area contributed by atoms with Crippen LogP contribution in [0, 0.1) is 5.41 Å². The zero-order valence-corrected chi connectivity index (χ0v) is 10.8. The van der Waals surface area contributed by atoms with E-state index >= 15 is 0 Å². The number of aryl methyl sites for hydroxylation is 1. The summed E-state index contributed by atoms with van der Waals surface area (Å²) in [6.07, 6.45) is 2.16. The molecule has 1 aromatic rings. The van der Waals surface area contributed by atoms with Crippen LogP contribution in [0.4, 0.5) is 0 Å². The molecule has 3 N–H and O–H groups in total. The fourth-order valence-corrected chi connectivity index (χ4v) is 2.38. The Bertz CT molecular complexity index is 466. The highest BCUT2D eigenvalue weighted by Gasteiger charge is 2.55. The number of ether oxygens (including phenoxy) is 1. The summed E-state index contributed by atoms with van der Waals surface area (Å²) in [4.78, 5) is 11.3. The van der Waals surface area contributed by atoms with Crippen molar-refractivity contribution < 1.29 is 14.6 Å². The molecular formula is C14H19NO3. The van der Waals surface area contributed by atoms with Gasteiger partial charge in [-0.2, -0.15) is 0 Å². The number of rotatable bonds is 5. The zero-order valence-electron chi connectivity index (χ0n) is 10.8. The average molecular weight is 249 g/mol. The quantitative estimate of drug-likeness (QED) is 0.838. The van der Waals surface area contributed by atoms with Crippen molar-refractivity contribution >= 4 is 5.97 Å². The van der Waals surface area contributed by atoms with Crippen LogP contribution in [0.15, 0.2) is 18.2 Å². The highest BCUT2D eigenvalue weighted by molar-refractivity contribution is 5.79. The fourth-order valence-electron chi connectivity index (χ4n) is 2.38. The molecule has 0 bridgehead atoms. The van der Waals surface area contributed by atoms with Gasteiger partial charge in [0.2, 0.25) is 0 Å². The molecule has 0 spiro atoms. The number of nitrogens with two attached hydrogens (primary N) is 1. The average Bonchev–Trinajstić information content (AvgIpc) is 3.18. The molecule has 4 nitrogen and oxygen atoms in total. The smallest absolute Gasteiger partial charge is 0.311 e. The molecule has 4 heteroatoms. The standard InChI is InChI=1S/C14H19NO3/c1-3-9-8-10(4-5-11(9)18-2)12(15)14(6-7-14)13(16)17/h4-5,8,12H,3,6-7,15H2,1-2H3,(H,16,17). The largest absolute Gasteiger partial charge is 0.496 e. The molecular weight excluding hydrogens is 230 g/mol. The fraction of sp³-hybridized carbons (Fsp3) is 0.500. The van der Waals surface area contributed by atoms with Gasteiger partial charge in [0.15, 0.2) is 0 Å². The lowest BCUT2D eigenvalue weighted by molar-refractivity contribution is -0.144. The topological polar surface area (TPSA) is 72.6 Å². The van der Waals surface area contributed by atoms with Crippen molar-refractivity contribution in [1.29, 1.82) is 0 Å². The molecule has 1 aromatic carbocycles. The van der Waals surface area contributed by atoms with Gasteiger partial charge in [-0.1, -0.05) is 19.1 Å².